The second kappa shape index (κ2) is 5.18. The van der Waals surface area contributed by atoms with E-state index in [1.54, 1.807) is 16.8 Å². The van der Waals surface area contributed by atoms with Gasteiger partial charge in [0.05, 0.1) is 11.7 Å². The van der Waals surface area contributed by atoms with Crippen LogP contribution in [0.3, 0.4) is 0 Å². The predicted octanol–water partition coefficient (Wildman–Crippen LogP) is 2.14. The van der Waals surface area contributed by atoms with Crippen LogP contribution in [-0.2, 0) is 9.53 Å². The molecule has 1 fully saturated rings. The molecule has 0 saturated heterocycles. The van der Waals surface area contributed by atoms with Gasteiger partial charge in [0.1, 0.15) is 5.54 Å². The average molecular weight is 297 g/mol. The van der Waals surface area contributed by atoms with Crippen molar-refractivity contribution in [1.29, 1.82) is 0 Å². The van der Waals surface area contributed by atoms with E-state index in [4.69, 9.17) is 4.74 Å². The Labute approximate surface area is 121 Å². The third-order valence-electron chi connectivity index (χ3n) is 4.24. The number of nitrogens with one attached hydrogen (secondary N) is 1. The molecule has 5 nitrogen and oxygen atoms in total. The number of thiophene rings is 1. The molecule has 0 aromatic carbocycles. The molecule has 1 aliphatic carbocycles. The summed E-state index contributed by atoms with van der Waals surface area (Å²) < 4.78 is 5.56. The summed E-state index contributed by atoms with van der Waals surface area (Å²) in [5.41, 5.74) is -1.43. The molecule has 110 valence electrons. The molecule has 1 aromatic heterocycles. The van der Waals surface area contributed by atoms with Gasteiger partial charge in [0.2, 0.25) is 0 Å². The number of ether oxygens (including phenoxy) is 1. The third kappa shape index (κ3) is 2.13. The van der Waals surface area contributed by atoms with Gasteiger partial charge in [0, 0.05) is 23.8 Å². The van der Waals surface area contributed by atoms with E-state index >= 15 is 0 Å². The average Bonchev–Trinajstić information content (AvgIpc) is 2.90. The van der Waals surface area contributed by atoms with Crippen molar-refractivity contribution >= 4 is 23.2 Å². The molecular formula is C14H19NO4S. The number of carboxylic acid groups (broad SMARTS) is 1. The lowest BCUT2D eigenvalue weighted by atomic mass is 9.54. The van der Waals surface area contributed by atoms with E-state index < -0.39 is 16.9 Å². The number of aliphatic carboxylic acids is 1. The van der Waals surface area contributed by atoms with Crippen molar-refractivity contribution in [2.24, 2.45) is 5.41 Å². The van der Waals surface area contributed by atoms with Crippen LogP contribution in [-0.4, -0.2) is 35.2 Å². The van der Waals surface area contributed by atoms with E-state index in [0.717, 1.165) is 0 Å². The highest BCUT2D eigenvalue weighted by atomic mass is 32.1. The molecule has 0 aliphatic heterocycles. The fourth-order valence-corrected chi connectivity index (χ4v) is 3.33. The number of hydrogen-bond acceptors (Lipinski definition) is 4. The third-order valence-corrected chi connectivity index (χ3v) is 4.92. The lowest BCUT2D eigenvalue weighted by molar-refractivity contribution is -0.190. The van der Waals surface area contributed by atoms with Crippen LogP contribution in [0.15, 0.2) is 16.8 Å². The van der Waals surface area contributed by atoms with Crippen LogP contribution in [0.5, 0.6) is 0 Å². The second-order valence-corrected chi connectivity index (χ2v) is 6.33. The van der Waals surface area contributed by atoms with Gasteiger partial charge in [0.25, 0.3) is 5.91 Å². The Bertz CT molecular complexity index is 511. The molecule has 1 aliphatic rings. The summed E-state index contributed by atoms with van der Waals surface area (Å²) in [4.78, 5) is 23.9. The second-order valence-electron chi connectivity index (χ2n) is 5.55. The Morgan fingerprint density at radius 3 is 2.70 bits per heavy atom. The fraction of sp³-hybridized carbons (Fsp3) is 0.571. The highest BCUT2D eigenvalue weighted by Gasteiger charge is 2.66. The van der Waals surface area contributed by atoms with Crippen LogP contribution in [0.4, 0.5) is 0 Å². The van der Waals surface area contributed by atoms with Crippen LogP contribution >= 0.6 is 11.3 Å². The zero-order valence-electron chi connectivity index (χ0n) is 11.8. The van der Waals surface area contributed by atoms with E-state index in [1.807, 2.05) is 20.8 Å². The van der Waals surface area contributed by atoms with Crippen LogP contribution in [0, 0.1) is 5.41 Å². The van der Waals surface area contributed by atoms with Gasteiger partial charge < -0.3 is 15.2 Å². The SMILES string of the molecule is CCOC1CC(NC(=O)c2ccsc2)(C(=O)O)C1(C)C. The molecule has 1 saturated carbocycles. The van der Waals surface area contributed by atoms with Gasteiger partial charge in [-0.05, 0) is 18.4 Å². The smallest absolute Gasteiger partial charge is 0.330 e. The molecule has 1 aromatic rings. The minimum atomic E-state index is -1.27. The number of carboxylic acids is 1. The highest BCUT2D eigenvalue weighted by Crippen LogP contribution is 2.51. The lowest BCUT2D eigenvalue weighted by Crippen LogP contribution is -2.76. The van der Waals surface area contributed by atoms with Gasteiger partial charge in [-0.1, -0.05) is 13.8 Å². The van der Waals surface area contributed by atoms with Gasteiger partial charge in [-0.2, -0.15) is 11.3 Å². The van der Waals surface area contributed by atoms with Gasteiger partial charge in [-0.25, -0.2) is 4.79 Å². The summed E-state index contributed by atoms with van der Waals surface area (Å²) in [6, 6.07) is 1.68. The van der Waals surface area contributed by atoms with Crippen LogP contribution in [0.2, 0.25) is 0 Å². The van der Waals surface area contributed by atoms with Crippen LogP contribution in [0.1, 0.15) is 37.6 Å². The molecule has 0 spiro atoms. The maximum absolute atomic E-state index is 12.2. The van der Waals surface area contributed by atoms with Crippen molar-refractivity contribution in [2.75, 3.05) is 6.61 Å². The summed E-state index contributed by atoms with van der Waals surface area (Å²) >= 11 is 1.40. The van der Waals surface area contributed by atoms with Crippen molar-refractivity contribution in [2.45, 2.75) is 38.8 Å². The molecule has 2 unspecified atom stereocenters. The highest BCUT2D eigenvalue weighted by molar-refractivity contribution is 7.08. The Morgan fingerprint density at radius 2 is 2.25 bits per heavy atom. The quantitative estimate of drug-likeness (QED) is 0.873. The van der Waals surface area contributed by atoms with E-state index in [-0.39, 0.29) is 12.0 Å². The summed E-state index contributed by atoms with van der Waals surface area (Å²) in [6.45, 7) is 6.04. The van der Waals surface area contributed by atoms with E-state index in [1.165, 1.54) is 11.3 Å². The Balaban J connectivity index is 2.21. The minimum absolute atomic E-state index is 0.161. The van der Waals surface area contributed by atoms with Gasteiger partial charge in [0.15, 0.2) is 0 Å². The first-order valence-electron chi connectivity index (χ1n) is 6.55. The molecule has 20 heavy (non-hydrogen) atoms. The molecule has 2 atom stereocenters. The maximum Gasteiger partial charge on any atom is 0.330 e. The molecule has 1 heterocycles. The van der Waals surface area contributed by atoms with E-state index in [2.05, 4.69) is 5.32 Å². The molecule has 0 bridgehead atoms. The maximum atomic E-state index is 12.2. The zero-order chi connectivity index (χ0) is 15.0. The zero-order valence-corrected chi connectivity index (χ0v) is 12.6. The molecule has 1 amide bonds. The van der Waals surface area contributed by atoms with E-state index in [0.29, 0.717) is 18.6 Å². The normalized spacial score (nSPS) is 27.6. The van der Waals surface area contributed by atoms with E-state index in [9.17, 15) is 14.7 Å². The fourth-order valence-electron chi connectivity index (χ4n) is 2.70. The topological polar surface area (TPSA) is 75.6 Å². The lowest BCUT2D eigenvalue weighted by Gasteiger charge is -2.58. The van der Waals surface area contributed by atoms with Gasteiger partial charge in [-0.3, -0.25) is 4.79 Å². The van der Waals surface area contributed by atoms with Crippen LogP contribution < -0.4 is 5.32 Å². The van der Waals surface area contributed by atoms with Crippen molar-refractivity contribution in [3.63, 3.8) is 0 Å². The largest absolute Gasteiger partial charge is 0.479 e. The first-order valence-corrected chi connectivity index (χ1v) is 7.49. The summed E-state index contributed by atoms with van der Waals surface area (Å²) in [5, 5.41) is 15.8. The Kier molecular flexibility index (Phi) is 3.88. The number of rotatable bonds is 5. The molecular weight excluding hydrogens is 278 g/mol. The van der Waals surface area contributed by atoms with Gasteiger partial charge in [-0.15, -0.1) is 0 Å². The molecule has 6 heteroatoms. The van der Waals surface area contributed by atoms with Crippen molar-refractivity contribution < 1.29 is 19.4 Å². The Morgan fingerprint density at radius 1 is 1.55 bits per heavy atom. The summed E-state index contributed by atoms with van der Waals surface area (Å²) in [6.07, 6.45) is 0.130. The first-order chi connectivity index (χ1) is 9.35. The minimum Gasteiger partial charge on any atom is -0.479 e. The summed E-state index contributed by atoms with van der Waals surface area (Å²) in [7, 11) is 0. The van der Waals surface area contributed by atoms with Crippen molar-refractivity contribution in [3.05, 3.63) is 22.4 Å². The number of carbonyl (C=O) groups is 2. The predicted molar refractivity (Wildman–Crippen MR) is 76.0 cm³/mol. The number of amides is 1. The number of carbonyl (C=O) groups excluding carboxylic acids is 1. The van der Waals surface area contributed by atoms with Crippen LogP contribution in [0.25, 0.3) is 0 Å². The van der Waals surface area contributed by atoms with Gasteiger partial charge >= 0.3 is 5.97 Å². The first kappa shape index (κ1) is 15.0. The standard InChI is InChI=1S/C14H19NO4S/c1-4-19-10-7-14(12(17)18,13(10,2)3)15-11(16)9-5-6-20-8-9/h5-6,8,10H,4,7H2,1-3H3,(H,15,16)(H,17,18). The Hall–Kier alpha value is -1.40. The van der Waals surface area contributed by atoms with Crippen molar-refractivity contribution in [3.8, 4) is 0 Å². The molecule has 2 N–H and O–H groups in total. The molecule has 2 rings (SSSR count). The monoisotopic (exact) mass is 297 g/mol. The molecule has 0 radical (unpaired) electrons. The number of hydrogen-bond donors (Lipinski definition) is 2. The van der Waals surface area contributed by atoms with Crippen molar-refractivity contribution in [1.82, 2.24) is 5.32 Å². The summed E-state index contributed by atoms with van der Waals surface area (Å²) in [5.74, 6) is -1.36.